The summed E-state index contributed by atoms with van der Waals surface area (Å²) in [5, 5.41) is 3.48. The van der Waals surface area contributed by atoms with Crippen LogP contribution in [0.25, 0.3) is 0 Å². The van der Waals surface area contributed by atoms with Gasteiger partial charge in [0.05, 0.1) is 11.4 Å². The Kier molecular flexibility index (Phi) is 2.50. The van der Waals surface area contributed by atoms with Crippen molar-refractivity contribution >= 4 is 28.2 Å². The first kappa shape index (κ1) is 11.1. The van der Waals surface area contributed by atoms with Crippen molar-refractivity contribution in [3.63, 3.8) is 0 Å². The molecular weight excluding hydrogens is 226 g/mol. The molecule has 0 bridgehead atoms. The zero-order chi connectivity index (χ0) is 11.9. The Morgan fingerprint density at radius 3 is 2.75 bits per heavy atom. The number of nitrogens with one attached hydrogen (secondary N) is 1. The third-order valence-electron chi connectivity index (χ3n) is 2.01. The highest BCUT2D eigenvalue weighted by molar-refractivity contribution is 7.18. The maximum absolute atomic E-state index is 11.7. The number of amides is 1. The van der Waals surface area contributed by atoms with Crippen molar-refractivity contribution in [1.29, 1.82) is 0 Å². The molecule has 0 spiro atoms. The predicted molar refractivity (Wildman–Crippen MR) is 61.8 cm³/mol. The molecule has 1 aromatic rings. The molecule has 0 aromatic carbocycles. The first-order valence-corrected chi connectivity index (χ1v) is 5.83. The molecule has 0 atom stereocenters. The van der Waals surface area contributed by atoms with Crippen LogP contribution in [0, 0.1) is 0 Å². The highest BCUT2D eigenvalue weighted by atomic mass is 32.1. The molecule has 5 heteroatoms. The number of rotatable bonds is 1. The van der Waals surface area contributed by atoms with Gasteiger partial charge in [0.15, 0.2) is 0 Å². The molecule has 16 heavy (non-hydrogen) atoms. The second kappa shape index (κ2) is 3.59. The van der Waals surface area contributed by atoms with Crippen molar-refractivity contribution in [1.82, 2.24) is 0 Å². The summed E-state index contributed by atoms with van der Waals surface area (Å²) in [6.07, 6.45) is 0.356. The summed E-state index contributed by atoms with van der Waals surface area (Å²) >= 11 is 1.27. The molecule has 86 valence electrons. The number of fused-ring (bicyclic) bond motifs is 1. The summed E-state index contributed by atoms with van der Waals surface area (Å²) in [4.78, 5) is 23.3. The Morgan fingerprint density at radius 2 is 2.19 bits per heavy atom. The second-order valence-corrected chi connectivity index (χ2v) is 5.74. The Hall–Kier alpha value is -1.36. The second-order valence-electron chi connectivity index (χ2n) is 4.69. The van der Waals surface area contributed by atoms with Crippen molar-refractivity contribution in [3.8, 4) is 0 Å². The molecular formula is C11H13NO3S. The van der Waals surface area contributed by atoms with E-state index in [1.807, 2.05) is 20.8 Å². The van der Waals surface area contributed by atoms with Gasteiger partial charge < -0.3 is 10.1 Å². The number of esters is 1. The first-order valence-electron chi connectivity index (χ1n) is 5.01. The van der Waals surface area contributed by atoms with Crippen LogP contribution in [0.3, 0.4) is 0 Å². The summed E-state index contributed by atoms with van der Waals surface area (Å²) in [6.45, 7) is 5.48. The molecule has 1 N–H and O–H groups in total. The van der Waals surface area contributed by atoms with Gasteiger partial charge in [0.1, 0.15) is 10.5 Å². The highest BCUT2D eigenvalue weighted by Gasteiger charge is 2.25. The minimum absolute atomic E-state index is 0.0167. The SMILES string of the molecule is CC(C)(C)OC(=O)c1cc2c(s1)NC(=O)C2. The van der Waals surface area contributed by atoms with E-state index in [-0.39, 0.29) is 11.9 Å². The molecule has 4 nitrogen and oxygen atoms in total. The van der Waals surface area contributed by atoms with Gasteiger partial charge in [-0.05, 0) is 32.4 Å². The number of carbonyl (C=O) groups is 2. The maximum Gasteiger partial charge on any atom is 0.348 e. The van der Waals surface area contributed by atoms with Crippen molar-refractivity contribution in [2.24, 2.45) is 0 Å². The van der Waals surface area contributed by atoms with E-state index in [1.165, 1.54) is 11.3 Å². The van der Waals surface area contributed by atoms with Gasteiger partial charge in [-0.25, -0.2) is 4.79 Å². The van der Waals surface area contributed by atoms with Crippen molar-refractivity contribution in [2.75, 3.05) is 5.32 Å². The fourth-order valence-corrected chi connectivity index (χ4v) is 2.41. The number of anilines is 1. The lowest BCUT2D eigenvalue weighted by atomic mass is 10.2. The summed E-state index contributed by atoms with van der Waals surface area (Å²) in [6, 6.07) is 1.73. The molecule has 1 aliphatic rings. The molecule has 0 saturated carbocycles. The molecule has 2 rings (SSSR count). The molecule has 0 radical (unpaired) electrons. The number of hydrogen-bond donors (Lipinski definition) is 1. The van der Waals surface area contributed by atoms with Crippen molar-refractivity contribution in [3.05, 3.63) is 16.5 Å². The van der Waals surface area contributed by atoms with Crippen LogP contribution in [-0.2, 0) is 16.0 Å². The van der Waals surface area contributed by atoms with E-state index in [0.29, 0.717) is 11.3 Å². The molecule has 0 aliphatic carbocycles. The number of carbonyl (C=O) groups excluding carboxylic acids is 2. The quantitative estimate of drug-likeness (QED) is 0.764. The molecule has 1 aliphatic heterocycles. The van der Waals surface area contributed by atoms with Gasteiger partial charge in [0, 0.05) is 0 Å². The van der Waals surface area contributed by atoms with Gasteiger partial charge in [-0.1, -0.05) is 0 Å². The number of hydrogen-bond acceptors (Lipinski definition) is 4. The third kappa shape index (κ3) is 2.24. The van der Waals surface area contributed by atoms with Crippen molar-refractivity contribution in [2.45, 2.75) is 32.8 Å². The van der Waals surface area contributed by atoms with Crippen LogP contribution in [0.1, 0.15) is 36.0 Å². The van der Waals surface area contributed by atoms with Crippen LogP contribution in [0.5, 0.6) is 0 Å². The molecule has 1 aromatic heterocycles. The Morgan fingerprint density at radius 1 is 1.50 bits per heavy atom. The van der Waals surface area contributed by atoms with Crippen LogP contribution in [0.2, 0.25) is 0 Å². The zero-order valence-electron chi connectivity index (χ0n) is 9.42. The minimum Gasteiger partial charge on any atom is -0.456 e. The van der Waals surface area contributed by atoms with E-state index in [4.69, 9.17) is 4.74 Å². The summed E-state index contributed by atoms with van der Waals surface area (Å²) in [5.41, 5.74) is 0.394. The van der Waals surface area contributed by atoms with E-state index in [9.17, 15) is 9.59 Å². The van der Waals surface area contributed by atoms with Gasteiger partial charge in [-0.3, -0.25) is 4.79 Å². The average Bonchev–Trinajstić information content (AvgIpc) is 2.56. The lowest BCUT2D eigenvalue weighted by Gasteiger charge is -2.18. The molecule has 0 unspecified atom stereocenters. The van der Waals surface area contributed by atoms with Crippen LogP contribution >= 0.6 is 11.3 Å². The smallest absolute Gasteiger partial charge is 0.348 e. The van der Waals surface area contributed by atoms with Crippen LogP contribution in [-0.4, -0.2) is 17.5 Å². The van der Waals surface area contributed by atoms with E-state index < -0.39 is 5.60 Å². The minimum atomic E-state index is -0.491. The monoisotopic (exact) mass is 239 g/mol. The van der Waals surface area contributed by atoms with E-state index in [1.54, 1.807) is 6.07 Å². The lowest BCUT2D eigenvalue weighted by molar-refractivity contribution is -0.115. The average molecular weight is 239 g/mol. The van der Waals surface area contributed by atoms with Crippen LogP contribution in [0.15, 0.2) is 6.07 Å². The standard InChI is InChI=1S/C11H13NO3S/c1-11(2,3)15-10(14)7-4-6-5-8(13)12-9(6)16-7/h4H,5H2,1-3H3,(H,12,13). The molecule has 0 fully saturated rings. The van der Waals surface area contributed by atoms with Crippen LogP contribution in [0.4, 0.5) is 5.00 Å². The fraction of sp³-hybridized carbons (Fsp3) is 0.455. The lowest BCUT2D eigenvalue weighted by Crippen LogP contribution is -2.23. The van der Waals surface area contributed by atoms with E-state index in [0.717, 1.165) is 10.6 Å². The van der Waals surface area contributed by atoms with Crippen LogP contribution < -0.4 is 5.32 Å². The van der Waals surface area contributed by atoms with Gasteiger partial charge in [0.2, 0.25) is 5.91 Å². The third-order valence-corrected chi connectivity index (χ3v) is 3.09. The molecule has 2 heterocycles. The topological polar surface area (TPSA) is 55.4 Å². The Balaban J connectivity index is 2.15. The molecule has 0 saturated heterocycles. The predicted octanol–water partition coefficient (Wildman–Crippen LogP) is 2.20. The Bertz CT molecular complexity index is 431. The largest absolute Gasteiger partial charge is 0.456 e. The van der Waals surface area contributed by atoms with Gasteiger partial charge in [-0.2, -0.15) is 0 Å². The van der Waals surface area contributed by atoms with E-state index in [2.05, 4.69) is 5.32 Å². The molecule has 1 amide bonds. The van der Waals surface area contributed by atoms with E-state index >= 15 is 0 Å². The van der Waals surface area contributed by atoms with Crippen molar-refractivity contribution < 1.29 is 14.3 Å². The first-order chi connectivity index (χ1) is 7.35. The fourth-order valence-electron chi connectivity index (χ4n) is 1.44. The number of thiophene rings is 1. The Labute approximate surface area is 97.6 Å². The maximum atomic E-state index is 11.7. The van der Waals surface area contributed by atoms with Gasteiger partial charge >= 0.3 is 5.97 Å². The number of ether oxygens (including phenoxy) is 1. The summed E-state index contributed by atoms with van der Waals surface area (Å²) in [5.74, 6) is -0.349. The zero-order valence-corrected chi connectivity index (χ0v) is 10.2. The van der Waals surface area contributed by atoms with Gasteiger partial charge in [-0.15, -0.1) is 11.3 Å². The summed E-state index contributed by atoms with van der Waals surface area (Å²) in [7, 11) is 0. The summed E-state index contributed by atoms with van der Waals surface area (Å²) < 4.78 is 5.25. The highest BCUT2D eigenvalue weighted by Crippen LogP contribution is 2.33. The normalized spacial score (nSPS) is 14.6. The van der Waals surface area contributed by atoms with Gasteiger partial charge in [0.25, 0.3) is 0 Å².